The van der Waals surface area contributed by atoms with Gasteiger partial charge in [-0.05, 0) is 23.8 Å². The predicted molar refractivity (Wildman–Crippen MR) is 70.0 cm³/mol. The van der Waals surface area contributed by atoms with Crippen LogP contribution in [0.2, 0.25) is 0 Å². The predicted octanol–water partition coefficient (Wildman–Crippen LogP) is 0.168. The number of rotatable bonds is 4. The molecule has 0 atom stereocenters. The third-order valence-corrected chi connectivity index (χ3v) is 3.83. The standard InChI is InChI=1S/C11H11FN4O3S/c12-8-5-7(6-13)1-2-9(8)20(18,19)16-10-3-4-11(17)15-14-10/h1-5H,6,13H2,(H,14,16)(H,15,17). The fourth-order valence-corrected chi connectivity index (χ4v) is 2.55. The summed E-state index contributed by atoms with van der Waals surface area (Å²) < 4.78 is 39.8. The Labute approximate surface area is 113 Å². The Hall–Kier alpha value is -2.26. The zero-order valence-corrected chi connectivity index (χ0v) is 10.9. The van der Waals surface area contributed by atoms with E-state index in [4.69, 9.17) is 5.73 Å². The molecule has 7 nitrogen and oxygen atoms in total. The molecule has 0 saturated heterocycles. The molecule has 4 N–H and O–H groups in total. The number of H-pyrrole nitrogens is 1. The van der Waals surface area contributed by atoms with E-state index in [1.54, 1.807) is 0 Å². The van der Waals surface area contributed by atoms with Gasteiger partial charge in [0.25, 0.3) is 15.6 Å². The van der Waals surface area contributed by atoms with Gasteiger partial charge < -0.3 is 5.73 Å². The second-order valence-corrected chi connectivity index (χ2v) is 5.53. The maximum atomic E-state index is 13.7. The van der Waals surface area contributed by atoms with Crippen LogP contribution in [0.1, 0.15) is 5.56 Å². The fourth-order valence-electron chi connectivity index (χ4n) is 1.48. The first-order valence-electron chi connectivity index (χ1n) is 5.49. The van der Waals surface area contributed by atoms with Gasteiger partial charge in [0, 0.05) is 12.6 Å². The van der Waals surface area contributed by atoms with Crippen molar-refractivity contribution in [1.29, 1.82) is 0 Å². The van der Waals surface area contributed by atoms with Crippen LogP contribution >= 0.6 is 0 Å². The fraction of sp³-hybridized carbons (Fsp3) is 0.0909. The molecule has 0 aliphatic carbocycles. The number of aromatic nitrogens is 2. The number of aromatic amines is 1. The first kappa shape index (κ1) is 14.2. The minimum atomic E-state index is -4.13. The number of nitrogens with zero attached hydrogens (tertiary/aromatic N) is 1. The number of sulfonamides is 1. The quantitative estimate of drug-likeness (QED) is 0.743. The molecule has 2 aromatic rings. The van der Waals surface area contributed by atoms with E-state index in [0.717, 1.165) is 18.2 Å². The van der Waals surface area contributed by atoms with E-state index >= 15 is 0 Å². The van der Waals surface area contributed by atoms with Crippen molar-refractivity contribution in [3.8, 4) is 0 Å². The molecule has 1 heterocycles. The van der Waals surface area contributed by atoms with Crippen molar-refractivity contribution in [3.63, 3.8) is 0 Å². The Morgan fingerprint density at radius 3 is 2.60 bits per heavy atom. The van der Waals surface area contributed by atoms with E-state index in [9.17, 15) is 17.6 Å². The lowest BCUT2D eigenvalue weighted by atomic mass is 10.2. The number of benzene rings is 1. The van der Waals surface area contributed by atoms with Gasteiger partial charge in [0.15, 0.2) is 5.82 Å². The molecule has 0 amide bonds. The molecule has 1 aromatic carbocycles. The first-order chi connectivity index (χ1) is 9.42. The molecule has 2 rings (SSSR count). The number of halogens is 1. The van der Waals surface area contributed by atoms with Crippen molar-refractivity contribution in [3.05, 3.63) is 52.1 Å². The number of hydrogen-bond donors (Lipinski definition) is 3. The molecule has 0 saturated carbocycles. The molecule has 20 heavy (non-hydrogen) atoms. The zero-order valence-electron chi connectivity index (χ0n) is 10.1. The van der Waals surface area contributed by atoms with Crippen molar-refractivity contribution in [2.75, 3.05) is 4.72 Å². The number of anilines is 1. The lowest BCUT2D eigenvalue weighted by Crippen LogP contribution is -2.17. The molecule has 0 aliphatic heterocycles. The summed E-state index contributed by atoms with van der Waals surface area (Å²) >= 11 is 0. The van der Waals surface area contributed by atoms with E-state index in [-0.39, 0.29) is 12.4 Å². The van der Waals surface area contributed by atoms with Crippen molar-refractivity contribution >= 4 is 15.8 Å². The van der Waals surface area contributed by atoms with E-state index < -0.39 is 26.3 Å². The average molecular weight is 298 g/mol. The summed E-state index contributed by atoms with van der Waals surface area (Å²) in [5.41, 5.74) is 5.34. The second-order valence-electron chi connectivity index (χ2n) is 3.88. The van der Waals surface area contributed by atoms with Gasteiger partial charge >= 0.3 is 0 Å². The summed E-state index contributed by atoms with van der Waals surface area (Å²) in [6.45, 7) is 0.103. The molecule has 0 bridgehead atoms. The SMILES string of the molecule is NCc1ccc(S(=O)(=O)Nc2ccc(=O)[nH]n2)c(F)c1. The monoisotopic (exact) mass is 298 g/mol. The Morgan fingerprint density at radius 1 is 1.30 bits per heavy atom. The summed E-state index contributed by atoms with van der Waals surface area (Å²) in [7, 11) is -4.13. The zero-order chi connectivity index (χ0) is 14.8. The molecule has 0 aliphatic rings. The molecule has 0 radical (unpaired) electrons. The third kappa shape index (κ3) is 3.00. The lowest BCUT2D eigenvalue weighted by Gasteiger charge is -2.08. The molecule has 0 unspecified atom stereocenters. The van der Waals surface area contributed by atoms with Crippen molar-refractivity contribution in [1.82, 2.24) is 10.2 Å². The molecule has 0 spiro atoms. The van der Waals surface area contributed by atoms with E-state index in [0.29, 0.717) is 5.56 Å². The number of hydrogen-bond acceptors (Lipinski definition) is 5. The van der Waals surface area contributed by atoms with Crippen LogP contribution in [0.5, 0.6) is 0 Å². The van der Waals surface area contributed by atoms with Gasteiger partial charge in [0.05, 0.1) is 0 Å². The minimum Gasteiger partial charge on any atom is -0.326 e. The van der Waals surface area contributed by atoms with Crippen molar-refractivity contribution < 1.29 is 12.8 Å². The van der Waals surface area contributed by atoms with Crippen LogP contribution in [0, 0.1) is 5.82 Å². The van der Waals surface area contributed by atoms with Gasteiger partial charge in [-0.15, -0.1) is 0 Å². The Bertz CT molecular complexity index is 768. The highest BCUT2D eigenvalue weighted by molar-refractivity contribution is 7.92. The van der Waals surface area contributed by atoms with E-state index in [1.165, 1.54) is 12.1 Å². The summed E-state index contributed by atoms with van der Waals surface area (Å²) in [6.07, 6.45) is 0. The molecule has 0 fully saturated rings. The number of nitrogens with two attached hydrogens (primary N) is 1. The van der Waals surface area contributed by atoms with Crippen molar-refractivity contribution in [2.45, 2.75) is 11.4 Å². The maximum Gasteiger partial charge on any atom is 0.266 e. The van der Waals surface area contributed by atoms with E-state index in [1.807, 2.05) is 0 Å². The van der Waals surface area contributed by atoms with Crippen LogP contribution in [-0.4, -0.2) is 18.6 Å². The first-order valence-corrected chi connectivity index (χ1v) is 6.98. The average Bonchev–Trinajstić information content (AvgIpc) is 2.40. The third-order valence-electron chi connectivity index (χ3n) is 2.44. The van der Waals surface area contributed by atoms with Gasteiger partial charge in [0.2, 0.25) is 0 Å². The lowest BCUT2D eigenvalue weighted by molar-refractivity contribution is 0.569. The normalized spacial score (nSPS) is 11.3. The van der Waals surface area contributed by atoms with Crippen molar-refractivity contribution in [2.24, 2.45) is 5.73 Å². The maximum absolute atomic E-state index is 13.7. The molecule has 1 aromatic heterocycles. The molecular weight excluding hydrogens is 287 g/mol. The van der Waals surface area contributed by atoms with Crippen LogP contribution < -0.4 is 16.0 Å². The van der Waals surface area contributed by atoms with Crippen LogP contribution in [0.15, 0.2) is 40.0 Å². The Morgan fingerprint density at radius 2 is 2.05 bits per heavy atom. The van der Waals surface area contributed by atoms with Crippen LogP contribution in [0.4, 0.5) is 10.2 Å². The van der Waals surface area contributed by atoms with Crippen LogP contribution in [0.25, 0.3) is 0 Å². The highest BCUT2D eigenvalue weighted by Gasteiger charge is 2.19. The summed E-state index contributed by atoms with van der Waals surface area (Å²) in [5.74, 6) is -1.03. The molecular formula is C11H11FN4O3S. The van der Waals surface area contributed by atoms with Gasteiger partial charge in [0.1, 0.15) is 10.7 Å². The smallest absolute Gasteiger partial charge is 0.266 e. The minimum absolute atomic E-state index is 0.103. The van der Waals surface area contributed by atoms with Gasteiger partial charge in [-0.25, -0.2) is 17.9 Å². The van der Waals surface area contributed by atoms with Gasteiger partial charge in [-0.1, -0.05) is 6.07 Å². The number of nitrogens with one attached hydrogen (secondary N) is 2. The van der Waals surface area contributed by atoms with Crippen LogP contribution in [-0.2, 0) is 16.6 Å². The van der Waals surface area contributed by atoms with E-state index in [2.05, 4.69) is 14.9 Å². The topological polar surface area (TPSA) is 118 Å². The highest BCUT2D eigenvalue weighted by Crippen LogP contribution is 2.18. The largest absolute Gasteiger partial charge is 0.326 e. The Balaban J connectivity index is 2.35. The van der Waals surface area contributed by atoms with Gasteiger partial charge in [-0.2, -0.15) is 5.10 Å². The molecule has 9 heteroatoms. The molecule has 106 valence electrons. The Kier molecular flexibility index (Phi) is 3.81. The second kappa shape index (κ2) is 5.39. The summed E-state index contributed by atoms with van der Waals surface area (Å²) in [4.78, 5) is 10.3. The van der Waals surface area contributed by atoms with Gasteiger partial charge in [-0.3, -0.25) is 9.52 Å². The summed E-state index contributed by atoms with van der Waals surface area (Å²) in [5, 5.41) is 5.55. The summed E-state index contributed by atoms with van der Waals surface area (Å²) in [6, 6.07) is 5.85. The van der Waals surface area contributed by atoms with Crippen LogP contribution in [0.3, 0.4) is 0 Å². The highest BCUT2D eigenvalue weighted by atomic mass is 32.2.